The highest BCUT2D eigenvalue weighted by atomic mass is 19.4. The smallest absolute Gasteiger partial charge is 0.428 e. The highest BCUT2D eigenvalue weighted by Crippen LogP contribution is 2.50. The summed E-state index contributed by atoms with van der Waals surface area (Å²) in [6, 6.07) is 13.0. The summed E-state index contributed by atoms with van der Waals surface area (Å²) in [6.07, 6.45) is -16.0. The van der Waals surface area contributed by atoms with Crippen molar-refractivity contribution in [2.24, 2.45) is 5.73 Å². The lowest BCUT2D eigenvalue weighted by Crippen LogP contribution is -2.38. The lowest BCUT2D eigenvalue weighted by molar-refractivity contribution is -0.253. The topological polar surface area (TPSA) is 76.1 Å². The van der Waals surface area contributed by atoms with E-state index in [9.17, 15) is 45.2 Å². The second-order valence-corrected chi connectivity index (χ2v) is 9.72. The number of rotatable bonds is 9. The Morgan fingerprint density at radius 1 is 0.822 bits per heavy atom. The third kappa shape index (κ3) is 6.43. The Morgan fingerprint density at radius 2 is 1.47 bits per heavy atom. The van der Waals surface area contributed by atoms with Gasteiger partial charge in [-0.2, -0.15) is 36.0 Å². The van der Waals surface area contributed by atoms with Crippen molar-refractivity contribution in [1.29, 1.82) is 5.26 Å². The minimum absolute atomic E-state index is 0.123. The van der Waals surface area contributed by atoms with E-state index in [-0.39, 0.29) is 11.6 Å². The number of nitriles is 1. The molecule has 0 saturated heterocycles. The number of ether oxygens (including phenoxy) is 1. The predicted octanol–water partition coefficient (Wildman–Crippen LogP) is 7.91. The van der Waals surface area contributed by atoms with Crippen molar-refractivity contribution in [3.05, 3.63) is 135 Å². The van der Waals surface area contributed by atoms with Gasteiger partial charge in [0.2, 0.25) is 5.91 Å². The standard InChI is InChI=1S/C31H18F10N2O2/c32-20-11-19(12-21(13-20)45-31(40,41)28(35)36)29(14-16-4-2-1-3-5-16,18-6-8-23(33)17(10-18)15-42)25-22(27(43)44)7-9-24(34)26(25)30(37,38)39/h1-13,28H,14H2,(H2,43,44). The summed E-state index contributed by atoms with van der Waals surface area (Å²) in [7, 11) is 0. The molecular formula is C31H18F10N2O2. The molecule has 0 radical (unpaired) electrons. The van der Waals surface area contributed by atoms with Gasteiger partial charge in [0.25, 0.3) is 0 Å². The van der Waals surface area contributed by atoms with E-state index < -0.39 is 93.0 Å². The zero-order chi connectivity index (χ0) is 33.3. The van der Waals surface area contributed by atoms with Crippen molar-refractivity contribution in [2.45, 2.75) is 30.5 Å². The number of nitrogens with zero attached hydrogens (tertiary/aromatic N) is 1. The summed E-state index contributed by atoms with van der Waals surface area (Å²) in [5.74, 6) is -7.40. The Bertz CT molecular complexity index is 1790. The molecule has 14 heteroatoms. The normalized spacial score (nSPS) is 13.3. The summed E-state index contributed by atoms with van der Waals surface area (Å²) < 4.78 is 147. The van der Waals surface area contributed by atoms with Crippen LogP contribution in [0, 0.1) is 28.8 Å². The van der Waals surface area contributed by atoms with E-state index in [0.29, 0.717) is 30.3 Å². The first-order valence-corrected chi connectivity index (χ1v) is 12.6. The van der Waals surface area contributed by atoms with Crippen LogP contribution >= 0.6 is 0 Å². The number of carbonyl (C=O) groups is 1. The number of primary amides is 1. The molecule has 1 amide bonds. The van der Waals surface area contributed by atoms with E-state index >= 15 is 8.78 Å². The average Bonchev–Trinajstić information content (AvgIpc) is 2.95. The fourth-order valence-corrected chi connectivity index (χ4v) is 5.10. The quantitative estimate of drug-likeness (QED) is 0.149. The Kier molecular flexibility index (Phi) is 8.86. The Morgan fingerprint density at radius 3 is 2.04 bits per heavy atom. The maximum absolute atomic E-state index is 15.3. The second kappa shape index (κ2) is 12.1. The Labute approximate surface area is 248 Å². The molecule has 1 atom stereocenters. The summed E-state index contributed by atoms with van der Waals surface area (Å²) in [6.45, 7) is 0. The van der Waals surface area contributed by atoms with Crippen LogP contribution in [-0.4, -0.2) is 18.4 Å². The maximum atomic E-state index is 15.3. The van der Waals surface area contributed by atoms with Crippen LogP contribution in [0.25, 0.3) is 0 Å². The highest BCUT2D eigenvalue weighted by molar-refractivity contribution is 5.96. The maximum Gasteiger partial charge on any atom is 0.461 e. The van der Waals surface area contributed by atoms with Gasteiger partial charge in [0.05, 0.1) is 16.5 Å². The first kappa shape index (κ1) is 32.8. The molecule has 4 nitrogen and oxygen atoms in total. The third-order valence-corrected chi connectivity index (χ3v) is 6.89. The van der Waals surface area contributed by atoms with Crippen LogP contribution in [0.3, 0.4) is 0 Å². The summed E-state index contributed by atoms with van der Waals surface area (Å²) in [5, 5.41) is 9.54. The van der Waals surface area contributed by atoms with Gasteiger partial charge < -0.3 is 10.5 Å². The molecule has 0 bridgehead atoms. The van der Waals surface area contributed by atoms with Gasteiger partial charge in [-0.3, -0.25) is 4.79 Å². The number of halogens is 10. The van der Waals surface area contributed by atoms with Crippen molar-refractivity contribution in [3.8, 4) is 11.8 Å². The number of benzene rings is 4. The van der Waals surface area contributed by atoms with Crippen molar-refractivity contribution >= 4 is 5.91 Å². The van der Waals surface area contributed by atoms with Gasteiger partial charge in [-0.15, -0.1) is 0 Å². The van der Waals surface area contributed by atoms with Gasteiger partial charge in [0, 0.05) is 11.6 Å². The lowest BCUT2D eigenvalue weighted by atomic mass is 9.63. The Balaban J connectivity index is 2.31. The zero-order valence-electron chi connectivity index (χ0n) is 22.4. The fourth-order valence-electron chi connectivity index (χ4n) is 5.10. The Hall–Kier alpha value is -5.06. The molecule has 45 heavy (non-hydrogen) atoms. The van der Waals surface area contributed by atoms with Crippen molar-refractivity contribution in [3.63, 3.8) is 0 Å². The molecule has 1 unspecified atom stereocenters. The van der Waals surface area contributed by atoms with Gasteiger partial charge in [-0.25, -0.2) is 13.2 Å². The van der Waals surface area contributed by atoms with Gasteiger partial charge >= 0.3 is 18.7 Å². The summed E-state index contributed by atoms with van der Waals surface area (Å²) in [5.41, 5.74) is -3.43. The van der Waals surface area contributed by atoms with Gasteiger partial charge in [0.15, 0.2) is 0 Å². The van der Waals surface area contributed by atoms with E-state index in [1.807, 2.05) is 0 Å². The molecule has 4 aromatic carbocycles. The molecule has 0 saturated carbocycles. The summed E-state index contributed by atoms with van der Waals surface area (Å²) in [4.78, 5) is 12.7. The zero-order valence-corrected chi connectivity index (χ0v) is 22.4. The number of nitrogens with two attached hydrogens (primary N) is 1. The third-order valence-electron chi connectivity index (χ3n) is 6.89. The van der Waals surface area contributed by atoms with E-state index in [0.717, 1.165) is 12.1 Å². The molecular weight excluding hydrogens is 622 g/mol. The molecule has 0 spiro atoms. The average molecular weight is 640 g/mol. The molecule has 234 valence electrons. The van der Waals surface area contributed by atoms with Crippen LogP contribution in [0.4, 0.5) is 43.9 Å². The number of alkyl halides is 7. The van der Waals surface area contributed by atoms with Crippen LogP contribution in [-0.2, 0) is 18.0 Å². The van der Waals surface area contributed by atoms with Gasteiger partial charge in [0.1, 0.15) is 29.3 Å². The first-order chi connectivity index (χ1) is 21.0. The SMILES string of the molecule is N#Cc1cc(C(Cc2ccccc2)(c2cc(F)cc(OC(F)(F)C(F)F)c2)c2c(C(N)=O)ccc(F)c2C(F)(F)F)ccc1F. The second-order valence-electron chi connectivity index (χ2n) is 9.72. The molecule has 0 aliphatic rings. The van der Waals surface area contributed by atoms with Crippen LogP contribution < -0.4 is 10.5 Å². The molecule has 0 fully saturated rings. The largest absolute Gasteiger partial charge is 0.461 e. The van der Waals surface area contributed by atoms with Crippen LogP contribution in [0.5, 0.6) is 5.75 Å². The number of amides is 1. The number of hydrogen-bond acceptors (Lipinski definition) is 3. The van der Waals surface area contributed by atoms with E-state index in [1.165, 1.54) is 36.4 Å². The minimum atomic E-state index is -5.60. The van der Waals surface area contributed by atoms with Gasteiger partial charge in [-0.1, -0.05) is 36.4 Å². The lowest BCUT2D eigenvalue weighted by Gasteiger charge is -2.39. The predicted molar refractivity (Wildman–Crippen MR) is 139 cm³/mol. The first-order valence-electron chi connectivity index (χ1n) is 12.6. The van der Waals surface area contributed by atoms with E-state index in [1.54, 1.807) is 0 Å². The number of carbonyl (C=O) groups excluding carboxylic acids is 1. The molecule has 0 aliphatic carbocycles. The minimum Gasteiger partial charge on any atom is -0.428 e. The van der Waals surface area contributed by atoms with Gasteiger partial charge in [-0.05, 0) is 65.1 Å². The molecule has 0 aliphatic heterocycles. The van der Waals surface area contributed by atoms with Crippen molar-refractivity contribution in [2.75, 3.05) is 0 Å². The monoisotopic (exact) mass is 640 g/mol. The number of hydrogen-bond donors (Lipinski definition) is 1. The highest BCUT2D eigenvalue weighted by Gasteiger charge is 2.49. The molecule has 4 aromatic rings. The van der Waals surface area contributed by atoms with Crippen LogP contribution in [0.15, 0.2) is 78.9 Å². The molecule has 0 heterocycles. The van der Waals surface area contributed by atoms with E-state index in [4.69, 9.17) is 5.73 Å². The van der Waals surface area contributed by atoms with Crippen molar-refractivity contribution in [1.82, 2.24) is 0 Å². The fraction of sp³-hybridized carbons (Fsp3) is 0.161. The van der Waals surface area contributed by atoms with E-state index in [2.05, 4.69) is 4.74 Å². The van der Waals surface area contributed by atoms with Crippen molar-refractivity contribution < 1.29 is 53.4 Å². The molecule has 2 N–H and O–H groups in total. The van der Waals surface area contributed by atoms with Crippen LogP contribution in [0.1, 0.15) is 43.7 Å². The van der Waals surface area contributed by atoms with Crippen LogP contribution in [0.2, 0.25) is 0 Å². The molecule has 0 aromatic heterocycles. The summed E-state index contributed by atoms with van der Waals surface area (Å²) >= 11 is 0. The molecule has 4 rings (SSSR count).